The highest BCUT2D eigenvalue weighted by Crippen LogP contribution is 2.26. The molecule has 1 aromatic carbocycles. The standard InChI is InChI=1S/C11H6F4N2O3/c12-5-3-6(13)9(15)10(8(5)14)20-4-17-2-1-7(16-17)11(18)19/h1-3H,4H2,(H,18,19). The second kappa shape index (κ2) is 5.19. The summed E-state index contributed by atoms with van der Waals surface area (Å²) in [4.78, 5) is 10.6. The zero-order valence-corrected chi connectivity index (χ0v) is 9.61. The number of carboxylic acid groups (broad SMARTS) is 1. The molecule has 0 aliphatic carbocycles. The van der Waals surface area contributed by atoms with Crippen molar-refractivity contribution in [2.45, 2.75) is 6.73 Å². The topological polar surface area (TPSA) is 64.3 Å². The van der Waals surface area contributed by atoms with Crippen molar-refractivity contribution in [1.29, 1.82) is 0 Å². The van der Waals surface area contributed by atoms with E-state index in [0.717, 1.165) is 16.9 Å². The Morgan fingerprint density at radius 2 is 1.85 bits per heavy atom. The average molecular weight is 290 g/mol. The van der Waals surface area contributed by atoms with E-state index in [2.05, 4.69) is 9.84 Å². The fourth-order valence-corrected chi connectivity index (χ4v) is 1.36. The van der Waals surface area contributed by atoms with Gasteiger partial charge in [-0.2, -0.15) is 13.9 Å². The van der Waals surface area contributed by atoms with Gasteiger partial charge in [-0.1, -0.05) is 0 Å². The number of halogens is 4. The highest BCUT2D eigenvalue weighted by Gasteiger charge is 2.20. The van der Waals surface area contributed by atoms with Gasteiger partial charge in [-0.25, -0.2) is 18.3 Å². The smallest absolute Gasteiger partial charge is 0.356 e. The van der Waals surface area contributed by atoms with Gasteiger partial charge in [0.25, 0.3) is 0 Å². The lowest BCUT2D eigenvalue weighted by Crippen LogP contribution is -2.10. The SMILES string of the molecule is O=C(O)c1ccn(COc2c(F)c(F)cc(F)c2F)n1. The third-order valence-electron chi connectivity index (χ3n) is 2.27. The summed E-state index contributed by atoms with van der Waals surface area (Å²) in [6, 6.07) is 1.17. The Kier molecular flexibility index (Phi) is 3.59. The van der Waals surface area contributed by atoms with Crippen LogP contribution in [-0.4, -0.2) is 20.9 Å². The maximum Gasteiger partial charge on any atom is 0.356 e. The second-order valence-corrected chi connectivity index (χ2v) is 3.62. The minimum atomic E-state index is -1.69. The van der Waals surface area contributed by atoms with Gasteiger partial charge in [0.15, 0.2) is 29.8 Å². The van der Waals surface area contributed by atoms with E-state index < -0.39 is 41.7 Å². The van der Waals surface area contributed by atoms with Crippen molar-refractivity contribution in [1.82, 2.24) is 9.78 Å². The summed E-state index contributed by atoms with van der Waals surface area (Å²) >= 11 is 0. The third kappa shape index (κ3) is 2.56. The van der Waals surface area contributed by atoms with Gasteiger partial charge in [-0.05, 0) is 6.07 Å². The number of hydrogen-bond donors (Lipinski definition) is 1. The van der Waals surface area contributed by atoms with Gasteiger partial charge < -0.3 is 9.84 Å². The van der Waals surface area contributed by atoms with E-state index in [4.69, 9.17) is 5.11 Å². The normalized spacial score (nSPS) is 10.6. The van der Waals surface area contributed by atoms with Crippen LogP contribution in [0.2, 0.25) is 0 Å². The van der Waals surface area contributed by atoms with E-state index in [1.807, 2.05) is 0 Å². The first kappa shape index (κ1) is 13.8. The van der Waals surface area contributed by atoms with Crippen LogP contribution in [0, 0.1) is 23.3 Å². The van der Waals surface area contributed by atoms with Crippen molar-refractivity contribution in [3.8, 4) is 5.75 Å². The van der Waals surface area contributed by atoms with E-state index in [9.17, 15) is 22.4 Å². The van der Waals surface area contributed by atoms with Gasteiger partial charge in [0.2, 0.25) is 11.6 Å². The zero-order valence-electron chi connectivity index (χ0n) is 9.61. The summed E-state index contributed by atoms with van der Waals surface area (Å²) < 4.78 is 57.8. The number of rotatable bonds is 4. The van der Waals surface area contributed by atoms with E-state index in [1.165, 1.54) is 0 Å². The Hall–Kier alpha value is -2.58. The lowest BCUT2D eigenvalue weighted by molar-refractivity contribution is 0.0688. The minimum Gasteiger partial charge on any atom is -0.476 e. The molecule has 0 atom stereocenters. The van der Waals surface area contributed by atoms with Crippen LogP contribution in [0.25, 0.3) is 0 Å². The lowest BCUT2D eigenvalue weighted by Gasteiger charge is -2.09. The van der Waals surface area contributed by atoms with Crippen LogP contribution in [0.5, 0.6) is 5.75 Å². The molecular weight excluding hydrogens is 284 g/mol. The summed E-state index contributed by atoms with van der Waals surface area (Å²) in [5, 5.41) is 12.1. The number of aromatic carboxylic acids is 1. The highest BCUT2D eigenvalue weighted by atomic mass is 19.2. The van der Waals surface area contributed by atoms with Gasteiger partial charge in [0, 0.05) is 12.3 Å². The molecule has 0 fully saturated rings. The molecular formula is C11H6F4N2O3. The summed E-state index contributed by atoms with van der Waals surface area (Å²) in [5.74, 6) is -9.13. The molecule has 0 unspecified atom stereocenters. The predicted molar refractivity (Wildman–Crippen MR) is 56.1 cm³/mol. The van der Waals surface area contributed by atoms with Crippen LogP contribution in [0.3, 0.4) is 0 Å². The van der Waals surface area contributed by atoms with Crippen molar-refractivity contribution in [3.63, 3.8) is 0 Å². The first-order valence-electron chi connectivity index (χ1n) is 5.12. The highest BCUT2D eigenvalue weighted by molar-refractivity contribution is 5.84. The molecule has 0 saturated carbocycles. The third-order valence-corrected chi connectivity index (χ3v) is 2.27. The van der Waals surface area contributed by atoms with E-state index in [1.54, 1.807) is 0 Å². The number of nitrogens with zero attached hydrogens (tertiary/aromatic N) is 2. The summed E-state index contributed by atoms with van der Waals surface area (Å²) in [6.45, 7) is -0.621. The zero-order chi connectivity index (χ0) is 14.9. The van der Waals surface area contributed by atoms with Crippen LogP contribution in [0.1, 0.15) is 10.5 Å². The molecule has 0 bridgehead atoms. The van der Waals surface area contributed by atoms with E-state index in [0.29, 0.717) is 0 Å². The molecule has 0 aliphatic heterocycles. The molecule has 2 aromatic rings. The van der Waals surface area contributed by atoms with E-state index in [-0.39, 0.29) is 11.8 Å². The molecule has 5 nitrogen and oxygen atoms in total. The van der Waals surface area contributed by atoms with Gasteiger partial charge in [-0.3, -0.25) is 0 Å². The largest absolute Gasteiger partial charge is 0.476 e. The molecule has 106 valence electrons. The Morgan fingerprint density at radius 3 is 2.35 bits per heavy atom. The molecule has 1 heterocycles. The van der Waals surface area contributed by atoms with Crippen LogP contribution in [0.4, 0.5) is 17.6 Å². The Bertz CT molecular complexity index is 646. The molecule has 0 spiro atoms. The monoisotopic (exact) mass is 290 g/mol. The maximum absolute atomic E-state index is 13.2. The molecule has 0 radical (unpaired) electrons. The fourth-order valence-electron chi connectivity index (χ4n) is 1.36. The minimum absolute atomic E-state index is 0.0496. The van der Waals surface area contributed by atoms with Crippen LogP contribution < -0.4 is 4.74 Å². The van der Waals surface area contributed by atoms with Crippen molar-refractivity contribution >= 4 is 5.97 Å². The quantitative estimate of drug-likeness (QED) is 0.692. The molecule has 0 amide bonds. The summed E-state index contributed by atoms with van der Waals surface area (Å²) in [7, 11) is 0. The first-order chi connectivity index (χ1) is 9.40. The number of benzene rings is 1. The number of carboxylic acids is 1. The second-order valence-electron chi connectivity index (χ2n) is 3.62. The Labute approximate surface area is 109 Å². The summed E-state index contributed by atoms with van der Waals surface area (Å²) in [5.41, 5.74) is -0.319. The molecule has 1 N–H and O–H groups in total. The average Bonchev–Trinajstić information content (AvgIpc) is 2.85. The molecule has 2 rings (SSSR count). The van der Waals surface area contributed by atoms with Gasteiger partial charge >= 0.3 is 5.97 Å². The number of hydrogen-bond acceptors (Lipinski definition) is 3. The van der Waals surface area contributed by atoms with Crippen molar-refractivity contribution < 1.29 is 32.2 Å². The molecule has 9 heteroatoms. The summed E-state index contributed by atoms with van der Waals surface area (Å²) in [6.07, 6.45) is 1.16. The van der Waals surface area contributed by atoms with Crippen LogP contribution in [-0.2, 0) is 6.73 Å². The maximum atomic E-state index is 13.2. The van der Waals surface area contributed by atoms with E-state index >= 15 is 0 Å². The van der Waals surface area contributed by atoms with Crippen molar-refractivity contribution in [3.05, 3.63) is 47.3 Å². The molecule has 0 saturated heterocycles. The lowest BCUT2D eigenvalue weighted by atomic mass is 10.3. The van der Waals surface area contributed by atoms with Gasteiger partial charge in [0.05, 0.1) is 0 Å². The Balaban J connectivity index is 2.20. The molecule has 20 heavy (non-hydrogen) atoms. The number of ether oxygens (including phenoxy) is 1. The van der Waals surface area contributed by atoms with Crippen LogP contribution in [0.15, 0.2) is 18.3 Å². The number of aromatic nitrogens is 2. The first-order valence-corrected chi connectivity index (χ1v) is 5.12. The van der Waals surface area contributed by atoms with Crippen molar-refractivity contribution in [2.24, 2.45) is 0 Å². The van der Waals surface area contributed by atoms with Crippen molar-refractivity contribution in [2.75, 3.05) is 0 Å². The number of carbonyl (C=O) groups is 1. The molecule has 1 aromatic heterocycles. The predicted octanol–water partition coefficient (Wildman–Crippen LogP) is 2.17. The fraction of sp³-hybridized carbons (Fsp3) is 0.0909. The Morgan fingerprint density at radius 1 is 1.25 bits per heavy atom. The van der Waals surface area contributed by atoms with Gasteiger partial charge in [-0.15, -0.1) is 0 Å². The van der Waals surface area contributed by atoms with Crippen LogP contribution >= 0.6 is 0 Å². The molecule has 0 aliphatic rings. The van der Waals surface area contributed by atoms with Gasteiger partial charge in [0.1, 0.15) is 0 Å².